The molecule has 1 saturated heterocycles. The minimum atomic E-state index is -3.82. The molecule has 2 aromatic carbocycles. The lowest BCUT2D eigenvalue weighted by atomic mass is 9.95. The van der Waals surface area contributed by atoms with Gasteiger partial charge >= 0.3 is 0 Å². The lowest BCUT2D eigenvalue weighted by molar-refractivity contribution is -0.135. The Hall–Kier alpha value is -3.04. The maximum absolute atomic E-state index is 13.3. The van der Waals surface area contributed by atoms with Crippen LogP contribution in [0, 0.1) is 19.8 Å². The van der Waals surface area contributed by atoms with Gasteiger partial charge in [0.2, 0.25) is 27.6 Å². The van der Waals surface area contributed by atoms with Crippen LogP contribution in [0.1, 0.15) is 49.6 Å². The predicted molar refractivity (Wildman–Crippen MR) is 133 cm³/mol. The Morgan fingerprint density at radius 2 is 1.57 bits per heavy atom. The molecule has 186 valence electrons. The molecule has 2 heterocycles. The summed E-state index contributed by atoms with van der Waals surface area (Å²) in [7, 11) is -3.82. The van der Waals surface area contributed by atoms with E-state index in [1.54, 1.807) is 29.2 Å². The largest absolute Gasteiger partial charge is 0.341 e. The second-order valence-electron chi connectivity index (χ2n) is 9.58. The standard InChI is InChI=1S/C26H32N4O4S/c1-17(2)23(29-35(32,33)22-11-7-19(4)8-12-22)26(31)30-15-13-21(14-16-30)25-27-24(28-34-25)20-9-5-18(3)6-10-20/h5-12,17,21,23,29H,13-16H2,1-4H3. The van der Waals surface area contributed by atoms with Crippen molar-refractivity contribution in [1.82, 2.24) is 19.8 Å². The fourth-order valence-electron chi connectivity index (χ4n) is 4.19. The highest BCUT2D eigenvalue weighted by Crippen LogP contribution is 2.29. The summed E-state index contributed by atoms with van der Waals surface area (Å²) in [6.45, 7) is 8.61. The molecule has 1 N–H and O–H groups in total. The molecule has 8 nitrogen and oxygen atoms in total. The number of piperidine rings is 1. The highest BCUT2D eigenvalue weighted by Gasteiger charge is 2.34. The van der Waals surface area contributed by atoms with Gasteiger partial charge in [-0.05, 0) is 44.7 Å². The summed E-state index contributed by atoms with van der Waals surface area (Å²) >= 11 is 0. The van der Waals surface area contributed by atoms with Crippen molar-refractivity contribution in [3.8, 4) is 11.4 Å². The molecule has 1 aliphatic rings. The third-order valence-corrected chi connectivity index (χ3v) is 7.91. The number of nitrogens with one attached hydrogen (secondary N) is 1. The van der Waals surface area contributed by atoms with Crippen molar-refractivity contribution in [2.75, 3.05) is 13.1 Å². The van der Waals surface area contributed by atoms with Crippen molar-refractivity contribution in [2.24, 2.45) is 5.92 Å². The van der Waals surface area contributed by atoms with Crippen LogP contribution in [0.2, 0.25) is 0 Å². The van der Waals surface area contributed by atoms with Crippen molar-refractivity contribution in [1.29, 1.82) is 0 Å². The minimum Gasteiger partial charge on any atom is -0.341 e. The summed E-state index contributed by atoms with van der Waals surface area (Å²) in [4.78, 5) is 19.8. The van der Waals surface area contributed by atoms with E-state index in [0.29, 0.717) is 37.6 Å². The van der Waals surface area contributed by atoms with Crippen molar-refractivity contribution in [3.05, 3.63) is 65.5 Å². The fourth-order valence-corrected chi connectivity index (χ4v) is 5.53. The molecule has 0 radical (unpaired) electrons. The van der Waals surface area contributed by atoms with E-state index in [1.807, 2.05) is 52.0 Å². The molecule has 35 heavy (non-hydrogen) atoms. The molecular weight excluding hydrogens is 464 g/mol. The van der Waals surface area contributed by atoms with Crippen LogP contribution in [0.25, 0.3) is 11.4 Å². The van der Waals surface area contributed by atoms with E-state index in [9.17, 15) is 13.2 Å². The van der Waals surface area contributed by atoms with Gasteiger partial charge in [-0.1, -0.05) is 66.5 Å². The topological polar surface area (TPSA) is 105 Å². The van der Waals surface area contributed by atoms with Crippen molar-refractivity contribution in [2.45, 2.75) is 57.4 Å². The molecule has 1 unspecified atom stereocenters. The number of hydrogen-bond acceptors (Lipinski definition) is 6. The van der Waals surface area contributed by atoms with Crippen molar-refractivity contribution in [3.63, 3.8) is 0 Å². The van der Waals surface area contributed by atoms with E-state index >= 15 is 0 Å². The monoisotopic (exact) mass is 496 g/mol. The summed E-state index contributed by atoms with van der Waals surface area (Å²) in [5, 5.41) is 4.13. The predicted octanol–water partition coefficient (Wildman–Crippen LogP) is 4.06. The highest BCUT2D eigenvalue weighted by atomic mass is 32.2. The van der Waals surface area contributed by atoms with Gasteiger partial charge in [-0.25, -0.2) is 8.42 Å². The van der Waals surface area contributed by atoms with E-state index in [0.717, 1.165) is 16.7 Å². The fraction of sp³-hybridized carbons (Fsp3) is 0.423. The maximum Gasteiger partial charge on any atom is 0.241 e. The van der Waals surface area contributed by atoms with Gasteiger partial charge in [0.25, 0.3) is 0 Å². The first-order valence-corrected chi connectivity index (χ1v) is 13.4. The van der Waals surface area contributed by atoms with E-state index in [2.05, 4.69) is 14.9 Å². The first kappa shape index (κ1) is 25.1. The Kier molecular flexibility index (Phi) is 7.37. The summed E-state index contributed by atoms with van der Waals surface area (Å²) in [6.07, 6.45) is 1.35. The number of aromatic nitrogens is 2. The van der Waals surface area contributed by atoms with E-state index < -0.39 is 16.1 Å². The van der Waals surface area contributed by atoms with Gasteiger partial charge in [0.1, 0.15) is 6.04 Å². The number of nitrogens with zero attached hydrogens (tertiary/aromatic N) is 3. The zero-order valence-corrected chi connectivity index (χ0v) is 21.4. The van der Waals surface area contributed by atoms with Gasteiger partial charge in [0.05, 0.1) is 4.90 Å². The number of amides is 1. The van der Waals surface area contributed by atoms with Gasteiger partial charge in [0.15, 0.2) is 0 Å². The number of benzene rings is 2. The second-order valence-corrected chi connectivity index (χ2v) is 11.3. The van der Waals surface area contributed by atoms with Crippen LogP contribution in [0.5, 0.6) is 0 Å². The van der Waals surface area contributed by atoms with Crippen LogP contribution >= 0.6 is 0 Å². The average molecular weight is 497 g/mol. The van der Waals surface area contributed by atoms with Crippen LogP contribution in [0.3, 0.4) is 0 Å². The average Bonchev–Trinajstić information content (AvgIpc) is 3.33. The molecule has 1 aromatic heterocycles. The molecule has 1 atom stereocenters. The number of sulfonamides is 1. The van der Waals surface area contributed by atoms with Crippen LogP contribution < -0.4 is 4.72 Å². The Morgan fingerprint density at radius 3 is 2.14 bits per heavy atom. The smallest absolute Gasteiger partial charge is 0.241 e. The Bertz CT molecular complexity index is 1260. The van der Waals surface area contributed by atoms with E-state index in [4.69, 9.17) is 4.52 Å². The number of carbonyl (C=O) groups is 1. The van der Waals surface area contributed by atoms with Crippen LogP contribution in [-0.4, -0.2) is 48.5 Å². The van der Waals surface area contributed by atoms with Gasteiger partial charge in [-0.15, -0.1) is 0 Å². The lowest BCUT2D eigenvalue weighted by Crippen LogP contribution is -2.52. The summed E-state index contributed by atoms with van der Waals surface area (Å²) in [5.41, 5.74) is 3.03. The second kappa shape index (κ2) is 10.3. The summed E-state index contributed by atoms with van der Waals surface area (Å²) in [5.74, 6) is 0.790. The van der Waals surface area contributed by atoms with Gasteiger partial charge in [0, 0.05) is 24.6 Å². The number of carbonyl (C=O) groups excluding carboxylic acids is 1. The molecular formula is C26H32N4O4S. The Labute approximate surface area is 206 Å². The zero-order valence-electron chi connectivity index (χ0n) is 20.6. The van der Waals surface area contributed by atoms with E-state index in [-0.39, 0.29) is 22.6 Å². The van der Waals surface area contributed by atoms with Crippen LogP contribution in [0.15, 0.2) is 57.9 Å². The third kappa shape index (κ3) is 5.79. The normalized spacial score (nSPS) is 16.0. The summed E-state index contributed by atoms with van der Waals surface area (Å²) < 4.78 is 34.0. The first-order chi connectivity index (χ1) is 16.6. The molecule has 0 spiro atoms. The molecule has 9 heteroatoms. The molecule has 1 amide bonds. The number of rotatable bonds is 7. The SMILES string of the molecule is Cc1ccc(-c2noc(C3CCN(C(=O)C(NS(=O)(=O)c4ccc(C)cc4)C(C)C)CC3)n2)cc1. The highest BCUT2D eigenvalue weighted by molar-refractivity contribution is 7.89. The van der Waals surface area contributed by atoms with Gasteiger partial charge in [-0.2, -0.15) is 9.71 Å². The van der Waals surface area contributed by atoms with Gasteiger partial charge < -0.3 is 9.42 Å². The maximum atomic E-state index is 13.3. The molecule has 4 rings (SSSR count). The zero-order chi connectivity index (χ0) is 25.2. The molecule has 0 bridgehead atoms. The molecule has 1 aliphatic heterocycles. The Morgan fingerprint density at radius 1 is 1.00 bits per heavy atom. The Balaban J connectivity index is 1.40. The molecule has 1 fully saturated rings. The van der Waals surface area contributed by atoms with Crippen molar-refractivity contribution < 1.29 is 17.7 Å². The lowest BCUT2D eigenvalue weighted by Gasteiger charge is -2.34. The minimum absolute atomic E-state index is 0.0625. The first-order valence-electron chi connectivity index (χ1n) is 11.9. The van der Waals surface area contributed by atoms with Crippen molar-refractivity contribution >= 4 is 15.9 Å². The number of hydrogen-bond donors (Lipinski definition) is 1. The summed E-state index contributed by atoms with van der Waals surface area (Å²) in [6, 6.07) is 13.7. The molecule has 0 saturated carbocycles. The molecule has 0 aliphatic carbocycles. The number of likely N-dealkylation sites (tertiary alicyclic amines) is 1. The quantitative estimate of drug-likeness (QED) is 0.529. The molecule has 3 aromatic rings. The van der Waals surface area contributed by atoms with Crippen LogP contribution in [-0.2, 0) is 14.8 Å². The third-order valence-electron chi connectivity index (χ3n) is 6.45. The van der Waals surface area contributed by atoms with Gasteiger partial charge in [-0.3, -0.25) is 4.79 Å². The number of aryl methyl sites for hydroxylation is 2. The van der Waals surface area contributed by atoms with Crippen LogP contribution in [0.4, 0.5) is 0 Å². The van der Waals surface area contributed by atoms with E-state index in [1.165, 1.54) is 0 Å².